The van der Waals surface area contributed by atoms with Crippen molar-refractivity contribution >= 4 is 33.1 Å². The summed E-state index contributed by atoms with van der Waals surface area (Å²) in [6.45, 7) is -0.0677. The molecule has 0 atom stereocenters. The lowest BCUT2D eigenvalue weighted by atomic mass is 10.2. The van der Waals surface area contributed by atoms with Crippen LogP contribution in [0.5, 0.6) is 0 Å². The van der Waals surface area contributed by atoms with E-state index >= 15 is 0 Å². The number of hydrogen-bond donors (Lipinski definition) is 3. The number of carbonyl (C=O) groups excluding carboxylic acids is 1. The second kappa shape index (κ2) is 6.73. The molecule has 0 spiro atoms. The summed E-state index contributed by atoms with van der Waals surface area (Å²) in [4.78, 5) is 10.6. The topological polar surface area (TPSA) is 101 Å². The summed E-state index contributed by atoms with van der Waals surface area (Å²) in [6, 6.07) is 3.13. The second-order valence-electron chi connectivity index (χ2n) is 3.83. The van der Waals surface area contributed by atoms with Crippen molar-refractivity contribution in [2.75, 3.05) is 13.6 Å². The highest BCUT2D eigenvalue weighted by molar-refractivity contribution is 7.89. The molecule has 110 valence electrons. The van der Waals surface area contributed by atoms with E-state index in [4.69, 9.17) is 5.73 Å². The van der Waals surface area contributed by atoms with E-state index in [1.807, 2.05) is 0 Å². The molecule has 0 aliphatic heterocycles. The van der Waals surface area contributed by atoms with E-state index in [2.05, 4.69) is 22.3 Å². The number of hydrogen-bond acceptors (Lipinski definition) is 4. The van der Waals surface area contributed by atoms with Gasteiger partial charge in [-0.1, -0.05) is 12.2 Å². The molecule has 0 aliphatic carbocycles. The Morgan fingerprint density at radius 3 is 2.65 bits per heavy atom. The van der Waals surface area contributed by atoms with Crippen LogP contribution in [-0.2, 0) is 14.8 Å². The van der Waals surface area contributed by atoms with Crippen molar-refractivity contribution in [3.8, 4) is 0 Å². The fraction of sp³-hybridized carbons (Fsp3) is 0.273. The average Bonchev–Trinajstić information content (AvgIpc) is 2.38. The third-order valence-electron chi connectivity index (χ3n) is 2.44. The molecule has 4 N–H and O–H groups in total. The summed E-state index contributed by atoms with van der Waals surface area (Å²) in [6.07, 6.45) is -0.000910. The van der Waals surface area contributed by atoms with E-state index < -0.39 is 15.8 Å². The van der Waals surface area contributed by atoms with Crippen LogP contribution < -0.4 is 15.8 Å². The molecule has 0 bridgehead atoms. The highest BCUT2D eigenvalue weighted by atomic mass is 32.2. The Morgan fingerprint density at radius 2 is 2.10 bits per heavy atom. The Labute approximate surface area is 121 Å². The Balaban J connectivity index is 2.90. The number of halogens is 1. The number of thiocarbonyl (C=S) groups is 1. The van der Waals surface area contributed by atoms with Crippen LogP contribution in [0, 0.1) is 5.82 Å². The first-order valence-electron chi connectivity index (χ1n) is 5.57. The minimum atomic E-state index is -3.85. The van der Waals surface area contributed by atoms with Gasteiger partial charge in [-0.15, -0.1) is 0 Å². The molecule has 1 aromatic carbocycles. The minimum Gasteiger partial charge on any atom is -0.389 e. The summed E-state index contributed by atoms with van der Waals surface area (Å²) < 4.78 is 39.5. The van der Waals surface area contributed by atoms with Gasteiger partial charge in [-0.2, -0.15) is 0 Å². The van der Waals surface area contributed by atoms with Crippen LogP contribution in [0.3, 0.4) is 0 Å². The number of sulfonamides is 1. The van der Waals surface area contributed by atoms with Gasteiger partial charge in [0, 0.05) is 25.6 Å². The van der Waals surface area contributed by atoms with Gasteiger partial charge < -0.3 is 11.1 Å². The van der Waals surface area contributed by atoms with Crippen LogP contribution in [0.1, 0.15) is 12.0 Å². The highest BCUT2D eigenvalue weighted by Crippen LogP contribution is 2.15. The summed E-state index contributed by atoms with van der Waals surface area (Å²) in [5.74, 6) is -0.988. The van der Waals surface area contributed by atoms with Gasteiger partial charge in [0.25, 0.3) is 0 Å². The number of amides is 1. The summed E-state index contributed by atoms with van der Waals surface area (Å²) >= 11 is 4.64. The van der Waals surface area contributed by atoms with Crippen LogP contribution in [0.15, 0.2) is 23.1 Å². The van der Waals surface area contributed by atoms with Crippen LogP contribution in [0.2, 0.25) is 0 Å². The van der Waals surface area contributed by atoms with E-state index in [0.29, 0.717) is 0 Å². The van der Waals surface area contributed by atoms with Crippen molar-refractivity contribution in [2.24, 2.45) is 5.73 Å². The zero-order chi connectivity index (χ0) is 15.3. The second-order valence-corrected chi connectivity index (χ2v) is 6.03. The molecular weight excluding hydrogens is 305 g/mol. The third kappa shape index (κ3) is 4.22. The average molecular weight is 319 g/mol. The van der Waals surface area contributed by atoms with E-state index in [9.17, 15) is 17.6 Å². The monoisotopic (exact) mass is 319 g/mol. The van der Waals surface area contributed by atoms with E-state index in [-0.39, 0.29) is 34.3 Å². The molecule has 0 saturated carbocycles. The number of rotatable bonds is 6. The van der Waals surface area contributed by atoms with Gasteiger partial charge in [0.15, 0.2) is 0 Å². The van der Waals surface area contributed by atoms with E-state index in [0.717, 1.165) is 18.2 Å². The molecule has 0 fully saturated rings. The third-order valence-corrected chi connectivity index (χ3v) is 4.12. The maximum atomic E-state index is 13.4. The van der Waals surface area contributed by atoms with Crippen molar-refractivity contribution in [1.82, 2.24) is 10.0 Å². The smallest absolute Gasteiger partial charge is 0.240 e. The number of nitrogens with two attached hydrogens (primary N) is 1. The number of nitrogens with one attached hydrogen (secondary N) is 2. The Kier molecular flexibility index (Phi) is 5.54. The molecule has 0 unspecified atom stereocenters. The molecule has 6 nitrogen and oxygen atoms in total. The van der Waals surface area contributed by atoms with Crippen LogP contribution in [0.25, 0.3) is 0 Å². The van der Waals surface area contributed by atoms with Crippen molar-refractivity contribution in [3.05, 3.63) is 29.6 Å². The van der Waals surface area contributed by atoms with Crippen LogP contribution in [0.4, 0.5) is 4.39 Å². The lowest BCUT2D eigenvalue weighted by Crippen LogP contribution is -2.29. The van der Waals surface area contributed by atoms with Crippen molar-refractivity contribution in [3.63, 3.8) is 0 Å². The number of carbonyl (C=O) groups is 1. The minimum absolute atomic E-state index is 0.000910. The fourth-order valence-corrected chi connectivity index (χ4v) is 2.58. The molecule has 0 aromatic heterocycles. The van der Waals surface area contributed by atoms with Crippen LogP contribution in [-0.4, -0.2) is 32.9 Å². The van der Waals surface area contributed by atoms with E-state index in [1.54, 1.807) is 0 Å². The standard InChI is InChI=1S/C11H14FN3O3S2/c1-14-10(16)4-5-15-20(17,18)7-2-3-9(12)8(6-7)11(13)19/h2-3,6,15H,4-5H2,1H3,(H2,13,19)(H,14,16). The summed E-state index contributed by atoms with van der Waals surface area (Å²) in [7, 11) is -2.40. The van der Waals surface area contributed by atoms with Gasteiger partial charge in [-0.05, 0) is 18.2 Å². The van der Waals surface area contributed by atoms with Crippen LogP contribution >= 0.6 is 12.2 Å². The number of benzene rings is 1. The van der Waals surface area contributed by atoms with E-state index in [1.165, 1.54) is 7.05 Å². The predicted molar refractivity (Wildman–Crippen MR) is 76.2 cm³/mol. The van der Waals surface area contributed by atoms with Gasteiger partial charge in [0.2, 0.25) is 15.9 Å². The largest absolute Gasteiger partial charge is 0.389 e. The summed E-state index contributed by atoms with van der Waals surface area (Å²) in [5.41, 5.74) is 5.16. The predicted octanol–water partition coefficient (Wildman–Crippen LogP) is -0.126. The fourth-order valence-electron chi connectivity index (χ4n) is 1.37. The van der Waals surface area contributed by atoms with Gasteiger partial charge in [-0.3, -0.25) is 4.79 Å². The molecule has 1 rings (SSSR count). The lowest BCUT2D eigenvalue weighted by molar-refractivity contribution is -0.120. The van der Waals surface area contributed by atoms with Gasteiger partial charge in [0.1, 0.15) is 10.8 Å². The Morgan fingerprint density at radius 1 is 1.45 bits per heavy atom. The molecule has 0 radical (unpaired) electrons. The maximum Gasteiger partial charge on any atom is 0.240 e. The van der Waals surface area contributed by atoms with Crippen molar-refractivity contribution < 1.29 is 17.6 Å². The SMILES string of the molecule is CNC(=O)CCNS(=O)(=O)c1ccc(F)c(C(N)=S)c1. The van der Waals surface area contributed by atoms with Crippen molar-refractivity contribution in [2.45, 2.75) is 11.3 Å². The zero-order valence-corrected chi connectivity index (χ0v) is 12.3. The highest BCUT2D eigenvalue weighted by Gasteiger charge is 2.17. The lowest BCUT2D eigenvalue weighted by Gasteiger charge is -2.08. The molecule has 1 aromatic rings. The maximum absolute atomic E-state index is 13.4. The van der Waals surface area contributed by atoms with Gasteiger partial charge >= 0.3 is 0 Å². The molecule has 0 aliphatic rings. The van der Waals surface area contributed by atoms with Gasteiger partial charge in [0.05, 0.1) is 4.90 Å². The quantitative estimate of drug-likeness (QED) is 0.634. The normalized spacial score (nSPS) is 11.1. The first-order chi connectivity index (χ1) is 9.27. The first kappa shape index (κ1) is 16.5. The van der Waals surface area contributed by atoms with Crippen molar-refractivity contribution in [1.29, 1.82) is 0 Å². The zero-order valence-electron chi connectivity index (χ0n) is 10.6. The van der Waals surface area contributed by atoms with Gasteiger partial charge in [-0.25, -0.2) is 17.5 Å². The molecule has 20 heavy (non-hydrogen) atoms. The molecule has 9 heteroatoms. The Hall–Kier alpha value is -1.58. The summed E-state index contributed by atoms with van der Waals surface area (Å²) in [5, 5.41) is 2.37. The molecular formula is C11H14FN3O3S2. The molecule has 1 amide bonds. The molecule has 0 saturated heterocycles. The molecule has 0 heterocycles. The Bertz CT molecular complexity index is 632. The first-order valence-corrected chi connectivity index (χ1v) is 7.46.